The second-order valence-corrected chi connectivity index (χ2v) is 2.91. The Bertz CT molecular complexity index is 72.2. The molecule has 0 atom stereocenters. The van der Waals surface area contributed by atoms with E-state index in [1.807, 2.05) is 27.7 Å². The van der Waals surface area contributed by atoms with E-state index in [4.69, 9.17) is 18.9 Å². The molecule has 0 amide bonds. The van der Waals surface area contributed by atoms with Crippen LogP contribution in [0.4, 0.5) is 0 Å². The number of rotatable bonds is 8. The molecule has 4 nitrogen and oxygen atoms in total. The van der Waals surface area contributed by atoms with Crippen molar-refractivity contribution in [3.63, 3.8) is 0 Å². The molecule has 0 spiro atoms. The number of hydrogen-bond acceptors (Lipinski definition) is 4. The van der Waals surface area contributed by atoms with Crippen LogP contribution in [0.15, 0.2) is 0 Å². The summed E-state index contributed by atoms with van der Waals surface area (Å²) in [6.07, 6.45) is 1.25. The highest BCUT2D eigenvalue weighted by Gasteiger charge is 1.77. The van der Waals surface area contributed by atoms with Crippen LogP contribution in [0, 0.1) is 0 Å². The van der Waals surface area contributed by atoms with Crippen LogP contribution in [-0.4, -0.2) is 40.0 Å². The summed E-state index contributed by atoms with van der Waals surface area (Å²) in [5, 5.41) is 0. The van der Waals surface area contributed by atoms with E-state index in [1.165, 1.54) is 6.42 Å². The van der Waals surface area contributed by atoms with Gasteiger partial charge in [0.1, 0.15) is 13.6 Å². The van der Waals surface area contributed by atoms with Crippen molar-refractivity contribution in [1.82, 2.24) is 0 Å². The minimum Gasteiger partial charge on any atom is -0.356 e. The van der Waals surface area contributed by atoms with Gasteiger partial charge < -0.3 is 18.9 Å². The molecule has 0 aliphatic rings. The maximum Gasteiger partial charge on any atom is 0.146 e. The van der Waals surface area contributed by atoms with Crippen molar-refractivity contribution in [3.05, 3.63) is 0 Å². The third-order valence-electron chi connectivity index (χ3n) is 1.15. The molecule has 19 heavy (non-hydrogen) atoms. The van der Waals surface area contributed by atoms with Crippen LogP contribution in [0.2, 0.25) is 0 Å². The summed E-state index contributed by atoms with van der Waals surface area (Å²) in [5.74, 6) is 0. The second kappa shape index (κ2) is 43.1. The van der Waals surface area contributed by atoms with Crippen molar-refractivity contribution in [3.8, 4) is 0 Å². The van der Waals surface area contributed by atoms with Crippen LogP contribution in [0.1, 0.15) is 62.8 Å². The quantitative estimate of drug-likeness (QED) is 0.477. The first kappa shape index (κ1) is 31.3. The third kappa shape index (κ3) is 72.8. The lowest BCUT2D eigenvalue weighted by atomic mass is 10.6. The molecule has 0 rings (SSSR count). The van der Waals surface area contributed by atoms with E-state index in [2.05, 4.69) is 13.8 Å². The molecule has 4 heteroatoms. The average molecular weight is 284 g/mol. The highest BCUT2D eigenvalue weighted by molar-refractivity contribution is 4.08. The SMILES string of the molecule is C.C.CCC.CCOCOCC.CCOCOCC. The zero-order valence-corrected chi connectivity index (χ0v) is 12.6. The summed E-state index contributed by atoms with van der Waals surface area (Å²) in [5.41, 5.74) is 0. The molecule has 0 aliphatic heterocycles. The highest BCUT2D eigenvalue weighted by Crippen LogP contribution is 1.74. The Balaban J connectivity index is -0.0000000525. The maximum absolute atomic E-state index is 4.85. The zero-order valence-electron chi connectivity index (χ0n) is 12.6. The van der Waals surface area contributed by atoms with Gasteiger partial charge in [-0.1, -0.05) is 35.1 Å². The Kier molecular flexibility index (Phi) is 70.9. The Morgan fingerprint density at radius 3 is 0.737 bits per heavy atom. The Hall–Kier alpha value is -0.160. The number of hydrogen-bond donors (Lipinski definition) is 0. The molecule has 0 heterocycles. The van der Waals surface area contributed by atoms with E-state index >= 15 is 0 Å². The molecule has 124 valence electrons. The minimum atomic E-state index is 0. The van der Waals surface area contributed by atoms with Gasteiger partial charge in [-0.15, -0.1) is 0 Å². The first-order valence-electron chi connectivity index (χ1n) is 6.55. The van der Waals surface area contributed by atoms with Gasteiger partial charge in [-0.3, -0.25) is 0 Å². The first-order chi connectivity index (χ1) is 8.24. The van der Waals surface area contributed by atoms with E-state index in [-0.39, 0.29) is 14.9 Å². The van der Waals surface area contributed by atoms with Crippen LogP contribution in [0.5, 0.6) is 0 Å². The van der Waals surface area contributed by atoms with Crippen LogP contribution in [0.3, 0.4) is 0 Å². The first-order valence-corrected chi connectivity index (χ1v) is 6.55. The normalized spacial score (nSPS) is 7.89. The van der Waals surface area contributed by atoms with E-state index in [0.717, 1.165) is 26.4 Å². The van der Waals surface area contributed by atoms with Gasteiger partial charge in [0.2, 0.25) is 0 Å². The smallest absolute Gasteiger partial charge is 0.146 e. The lowest BCUT2D eigenvalue weighted by molar-refractivity contribution is -0.0447. The Labute approximate surface area is 122 Å². The van der Waals surface area contributed by atoms with Gasteiger partial charge in [0, 0.05) is 26.4 Å². The number of ether oxygens (including phenoxy) is 4. The molecule has 0 aromatic heterocycles. The van der Waals surface area contributed by atoms with Crippen molar-refractivity contribution in [2.24, 2.45) is 0 Å². The van der Waals surface area contributed by atoms with Crippen molar-refractivity contribution >= 4 is 0 Å². The van der Waals surface area contributed by atoms with Gasteiger partial charge >= 0.3 is 0 Å². The highest BCUT2D eigenvalue weighted by atomic mass is 16.7. The van der Waals surface area contributed by atoms with E-state index in [0.29, 0.717) is 13.6 Å². The van der Waals surface area contributed by atoms with Gasteiger partial charge in [0.25, 0.3) is 0 Å². The molecule has 0 aromatic carbocycles. The predicted molar refractivity (Wildman–Crippen MR) is 85.7 cm³/mol. The summed E-state index contributed by atoms with van der Waals surface area (Å²) in [6, 6.07) is 0. The van der Waals surface area contributed by atoms with Gasteiger partial charge in [-0.05, 0) is 27.7 Å². The van der Waals surface area contributed by atoms with Crippen LogP contribution >= 0.6 is 0 Å². The molecule has 0 radical (unpaired) electrons. The summed E-state index contributed by atoms with van der Waals surface area (Å²) < 4.78 is 19.4. The molecule has 0 saturated carbocycles. The fourth-order valence-electron chi connectivity index (χ4n) is 0.451. The molecule has 0 fully saturated rings. The van der Waals surface area contributed by atoms with Gasteiger partial charge in [0.15, 0.2) is 0 Å². The molecule has 0 unspecified atom stereocenters. The van der Waals surface area contributed by atoms with E-state index in [9.17, 15) is 0 Å². The van der Waals surface area contributed by atoms with Gasteiger partial charge in [-0.25, -0.2) is 0 Å². The summed E-state index contributed by atoms with van der Waals surface area (Å²) in [7, 11) is 0. The van der Waals surface area contributed by atoms with Crippen LogP contribution in [-0.2, 0) is 18.9 Å². The molecule has 0 aliphatic carbocycles. The molecule has 0 saturated heterocycles. The molecular weight excluding hydrogens is 244 g/mol. The largest absolute Gasteiger partial charge is 0.356 e. The average Bonchev–Trinajstić information content (AvgIpc) is 2.32. The monoisotopic (exact) mass is 284 g/mol. The molecular formula is C15H40O4. The predicted octanol–water partition coefficient (Wildman–Crippen LogP) is 4.72. The summed E-state index contributed by atoms with van der Waals surface area (Å²) >= 11 is 0. The minimum absolute atomic E-state index is 0. The second-order valence-electron chi connectivity index (χ2n) is 2.91. The third-order valence-corrected chi connectivity index (χ3v) is 1.15. The zero-order chi connectivity index (χ0) is 13.8. The lowest BCUT2D eigenvalue weighted by Crippen LogP contribution is -1.97. The van der Waals surface area contributed by atoms with Crippen LogP contribution < -0.4 is 0 Å². The Morgan fingerprint density at radius 2 is 0.632 bits per heavy atom. The van der Waals surface area contributed by atoms with Gasteiger partial charge in [0.05, 0.1) is 0 Å². The van der Waals surface area contributed by atoms with Crippen molar-refractivity contribution in [2.45, 2.75) is 62.8 Å². The topological polar surface area (TPSA) is 36.9 Å². The van der Waals surface area contributed by atoms with Gasteiger partial charge in [-0.2, -0.15) is 0 Å². The summed E-state index contributed by atoms with van der Waals surface area (Å²) in [6.45, 7) is 15.8. The van der Waals surface area contributed by atoms with Crippen molar-refractivity contribution in [1.29, 1.82) is 0 Å². The Morgan fingerprint density at radius 1 is 0.474 bits per heavy atom. The van der Waals surface area contributed by atoms with Crippen molar-refractivity contribution < 1.29 is 18.9 Å². The molecule has 0 aromatic rings. The van der Waals surface area contributed by atoms with Crippen molar-refractivity contribution in [2.75, 3.05) is 40.0 Å². The molecule has 0 bridgehead atoms. The standard InChI is InChI=1S/2C5H12O2.C3H8.2CH4/c2*1-3-6-5-7-4-2;1-3-2;;/h2*3-5H2,1-2H3;3H2,1-2H3;2*1H4. The van der Waals surface area contributed by atoms with Crippen LogP contribution in [0.25, 0.3) is 0 Å². The maximum atomic E-state index is 4.85. The van der Waals surface area contributed by atoms with E-state index in [1.54, 1.807) is 0 Å². The van der Waals surface area contributed by atoms with E-state index < -0.39 is 0 Å². The summed E-state index contributed by atoms with van der Waals surface area (Å²) in [4.78, 5) is 0. The fraction of sp³-hybridized carbons (Fsp3) is 1.00. The lowest BCUT2D eigenvalue weighted by Gasteiger charge is -1.97. The fourth-order valence-corrected chi connectivity index (χ4v) is 0.451. The molecule has 0 N–H and O–H groups in total.